The maximum Gasteiger partial charge on any atom is 0.433 e. The first-order valence-electron chi connectivity index (χ1n) is 8.94. The fraction of sp³-hybridized carbons (Fsp3) is 0.368. The zero-order valence-electron chi connectivity index (χ0n) is 17.1. The van der Waals surface area contributed by atoms with E-state index in [0.717, 1.165) is 6.07 Å². The molecule has 2 aromatic rings. The van der Waals surface area contributed by atoms with E-state index in [1.54, 1.807) is 6.92 Å². The lowest BCUT2D eigenvalue weighted by atomic mass is 9.97. The topological polar surface area (TPSA) is 100 Å². The van der Waals surface area contributed by atoms with Crippen molar-refractivity contribution in [3.8, 4) is 11.5 Å². The molecule has 0 saturated heterocycles. The Hall–Kier alpha value is -3.37. The van der Waals surface area contributed by atoms with Crippen molar-refractivity contribution in [2.75, 3.05) is 17.2 Å². The molecule has 0 amide bonds. The number of pyridine rings is 1. The van der Waals surface area contributed by atoms with Crippen molar-refractivity contribution in [3.63, 3.8) is 0 Å². The van der Waals surface area contributed by atoms with Crippen molar-refractivity contribution < 1.29 is 13.2 Å². The van der Waals surface area contributed by atoms with Crippen LogP contribution in [0.5, 0.6) is 0 Å². The summed E-state index contributed by atoms with van der Waals surface area (Å²) in [5, 5.41) is 6.01. The summed E-state index contributed by atoms with van der Waals surface area (Å²) in [6.45, 7) is 11.6. The maximum atomic E-state index is 13.0. The van der Waals surface area contributed by atoms with Gasteiger partial charge < -0.3 is 10.6 Å². The summed E-state index contributed by atoms with van der Waals surface area (Å²) in [6, 6.07) is 3.55. The molecule has 0 aromatic carbocycles. The Morgan fingerprint density at radius 2 is 1.80 bits per heavy atom. The molecule has 0 aliphatic heterocycles. The quantitative estimate of drug-likeness (QED) is 0.508. The molecule has 0 aliphatic carbocycles. The Kier molecular flexibility index (Phi) is 7.19. The zero-order chi connectivity index (χ0) is 22.4. The van der Waals surface area contributed by atoms with Gasteiger partial charge in [0.05, 0.1) is 0 Å². The Morgan fingerprint density at radius 1 is 1.10 bits per heavy atom. The normalized spacial score (nSPS) is 12.8. The molecule has 2 rings (SSSR count). The molecule has 0 saturated carbocycles. The van der Waals surface area contributed by atoms with Crippen LogP contribution in [-0.2, 0) is 6.18 Å². The van der Waals surface area contributed by atoms with Crippen LogP contribution < -0.4 is 10.6 Å². The molecule has 0 spiro atoms. The van der Waals surface area contributed by atoms with Crippen LogP contribution in [0.4, 0.5) is 25.1 Å². The standard InChI is InChI=1S/C19H23F3N8/c1-12(9-24-11-23-5)26-17-29-15(28-16(30-17)25-10-18(2,3)4)13-7-6-8-14(27-13)19(20,21)22/h6-9,11H,5,10H2,1-4H3,(H2,25,26,28,29,30)/b12-9+,24-11-. The predicted molar refractivity (Wildman–Crippen MR) is 111 cm³/mol. The summed E-state index contributed by atoms with van der Waals surface area (Å²) in [6.07, 6.45) is -1.84. The van der Waals surface area contributed by atoms with Gasteiger partial charge in [0.25, 0.3) is 0 Å². The van der Waals surface area contributed by atoms with Gasteiger partial charge in [0.15, 0.2) is 5.82 Å². The lowest BCUT2D eigenvalue weighted by molar-refractivity contribution is -0.141. The van der Waals surface area contributed by atoms with Gasteiger partial charge in [-0.1, -0.05) is 26.8 Å². The van der Waals surface area contributed by atoms with E-state index in [0.29, 0.717) is 12.2 Å². The van der Waals surface area contributed by atoms with Gasteiger partial charge in [0.2, 0.25) is 11.9 Å². The first-order valence-corrected chi connectivity index (χ1v) is 8.94. The number of rotatable bonds is 7. The molecule has 2 heterocycles. The summed E-state index contributed by atoms with van der Waals surface area (Å²) in [7, 11) is 0. The van der Waals surface area contributed by atoms with E-state index in [-0.39, 0.29) is 28.8 Å². The van der Waals surface area contributed by atoms with Gasteiger partial charge in [-0.2, -0.15) is 28.1 Å². The van der Waals surface area contributed by atoms with Crippen LogP contribution in [0.2, 0.25) is 0 Å². The number of hydrogen-bond donors (Lipinski definition) is 2. The molecular weight excluding hydrogens is 397 g/mol. The number of nitrogens with zero attached hydrogens (tertiary/aromatic N) is 6. The molecule has 11 heteroatoms. The molecule has 0 radical (unpaired) electrons. The lowest BCUT2D eigenvalue weighted by Gasteiger charge is -2.19. The second-order valence-electron chi connectivity index (χ2n) is 7.51. The van der Waals surface area contributed by atoms with Gasteiger partial charge in [-0.05, 0) is 31.2 Å². The van der Waals surface area contributed by atoms with Crippen LogP contribution in [-0.4, -0.2) is 39.5 Å². The van der Waals surface area contributed by atoms with Crippen molar-refractivity contribution in [2.24, 2.45) is 15.4 Å². The second kappa shape index (κ2) is 9.42. The van der Waals surface area contributed by atoms with E-state index in [1.165, 1.54) is 24.7 Å². The summed E-state index contributed by atoms with van der Waals surface area (Å²) >= 11 is 0. The maximum absolute atomic E-state index is 13.0. The van der Waals surface area contributed by atoms with E-state index < -0.39 is 11.9 Å². The number of nitrogens with one attached hydrogen (secondary N) is 2. The molecule has 0 unspecified atom stereocenters. The third-order valence-corrected chi connectivity index (χ3v) is 3.41. The highest BCUT2D eigenvalue weighted by Gasteiger charge is 2.32. The largest absolute Gasteiger partial charge is 0.433 e. The Bertz CT molecular complexity index is 946. The number of anilines is 2. The third kappa shape index (κ3) is 7.22. The monoisotopic (exact) mass is 420 g/mol. The molecular formula is C19H23F3N8. The van der Waals surface area contributed by atoms with E-state index in [1.807, 2.05) is 20.8 Å². The van der Waals surface area contributed by atoms with Gasteiger partial charge in [0, 0.05) is 18.4 Å². The minimum absolute atomic E-state index is 0.000862. The SMILES string of the molecule is C=N/C=N\C=C(/C)Nc1nc(NCC(C)(C)C)nc(-c2cccc(C(F)(F)F)n2)n1. The highest BCUT2D eigenvalue weighted by Crippen LogP contribution is 2.29. The Labute approximate surface area is 172 Å². The first kappa shape index (κ1) is 22.9. The zero-order valence-corrected chi connectivity index (χ0v) is 17.1. The number of aromatic nitrogens is 4. The Balaban J connectivity index is 2.44. The van der Waals surface area contributed by atoms with Gasteiger partial charge >= 0.3 is 6.18 Å². The number of halogens is 3. The van der Waals surface area contributed by atoms with E-state index in [9.17, 15) is 13.2 Å². The van der Waals surface area contributed by atoms with Crippen LogP contribution >= 0.6 is 0 Å². The van der Waals surface area contributed by atoms with Crippen LogP contribution in [0.25, 0.3) is 11.5 Å². The second-order valence-corrected chi connectivity index (χ2v) is 7.51. The molecule has 0 bridgehead atoms. The van der Waals surface area contributed by atoms with Gasteiger partial charge in [-0.3, -0.25) is 4.99 Å². The van der Waals surface area contributed by atoms with Crippen LogP contribution in [0.15, 0.2) is 40.1 Å². The number of aliphatic imine (C=N–C) groups is 2. The van der Waals surface area contributed by atoms with Gasteiger partial charge in [0.1, 0.15) is 17.7 Å². The number of allylic oxidation sites excluding steroid dienone is 1. The van der Waals surface area contributed by atoms with Crippen LogP contribution in [0, 0.1) is 5.41 Å². The van der Waals surface area contributed by atoms with Crippen molar-refractivity contribution in [1.82, 2.24) is 19.9 Å². The predicted octanol–water partition coefficient (Wildman–Crippen LogP) is 4.41. The van der Waals surface area contributed by atoms with Crippen molar-refractivity contribution in [3.05, 3.63) is 35.8 Å². The average Bonchev–Trinajstić information content (AvgIpc) is 2.65. The lowest BCUT2D eigenvalue weighted by Crippen LogP contribution is -2.21. The fourth-order valence-electron chi connectivity index (χ4n) is 2.09. The van der Waals surface area contributed by atoms with Gasteiger partial charge in [-0.15, -0.1) is 0 Å². The van der Waals surface area contributed by atoms with Gasteiger partial charge in [-0.25, -0.2) is 9.98 Å². The third-order valence-electron chi connectivity index (χ3n) is 3.41. The summed E-state index contributed by atoms with van der Waals surface area (Å²) < 4.78 is 39.1. The average molecular weight is 420 g/mol. The highest BCUT2D eigenvalue weighted by molar-refractivity contribution is 5.62. The van der Waals surface area contributed by atoms with Crippen LogP contribution in [0.1, 0.15) is 33.4 Å². The first-order chi connectivity index (χ1) is 14.0. The van der Waals surface area contributed by atoms with Crippen molar-refractivity contribution in [2.45, 2.75) is 33.9 Å². The minimum Gasteiger partial charge on any atom is -0.354 e. The summed E-state index contributed by atoms with van der Waals surface area (Å²) in [5.74, 6) is 0.339. The van der Waals surface area contributed by atoms with E-state index >= 15 is 0 Å². The molecule has 0 atom stereocenters. The smallest absolute Gasteiger partial charge is 0.354 e. The molecule has 160 valence electrons. The molecule has 8 nitrogen and oxygen atoms in total. The number of alkyl halides is 3. The molecule has 2 N–H and O–H groups in total. The fourth-order valence-corrected chi connectivity index (χ4v) is 2.09. The summed E-state index contributed by atoms with van der Waals surface area (Å²) in [5.41, 5.74) is -0.547. The Morgan fingerprint density at radius 3 is 2.43 bits per heavy atom. The molecule has 30 heavy (non-hydrogen) atoms. The molecule has 0 fully saturated rings. The van der Waals surface area contributed by atoms with E-state index in [2.05, 4.69) is 47.3 Å². The highest BCUT2D eigenvalue weighted by atomic mass is 19.4. The van der Waals surface area contributed by atoms with Crippen LogP contribution in [0.3, 0.4) is 0 Å². The molecule has 0 aliphatic rings. The molecule has 2 aromatic heterocycles. The minimum atomic E-state index is -4.58. The number of hydrogen-bond acceptors (Lipinski definition) is 7. The van der Waals surface area contributed by atoms with Crippen molar-refractivity contribution in [1.29, 1.82) is 0 Å². The summed E-state index contributed by atoms with van der Waals surface area (Å²) in [4.78, 5) is 23.8. The van der Waals surface area contributed by atoms with Crippen molar-refractivity contribution >= 4 is 25.0 Å². The van der Waals surface area contributed by atoms with E-state index in [4.69, 9.17) is 0 Å².